The minimum Gasteiger partial charge on any atom is -0.507 e. The van der Waals surface area contributed by atoms with E-state index in [0.29, 0.717) is 28.3 Å². The second-order valence-electron chi connectivity index (χ2n) is 5.50. The predicted molar refractivity (Wildman–Crippen MR) is 89.7 cm³/mol. The summed E-state index contributed by atoms with van der Waals surface area (Å²) in [7, 11) is 0. The van der Waals surface area contributed by atoms with Crippen molar-refractivity contribution in [1.29, 1.82) is 0 Å². The normalized spacial score (nSPS) is 11.0. The summed E-state index contributed by atoms with van der Waals surface area (Å²) in [5, 5.41) is 24.7. The van der Waals surface area contributed by atoms with Gasteiger partial charge in [0.05, 0.1) is 11.1 Å². The van der Waals surface area contributed by atoms with Gasteiger partial charge in [0.25, 0.3) is 0 Å². The van der Waals surface area contributed by atoms with E-state index in [0.717, 1.165) is 5.56 Å². The minimum absolute atomic E-state index is 0.0429. The summed E-state index contributed by atoms with van der Waals surface area (Å²) in [4.78, 5) is 8.84. The van der Waals surface area contributed by atoms with E-state index in [1.165, 1.54) is 0 Å². The van der Waals surface area contributed by atoms with Gasteiger partial charge in [0.2, 0.25) is 0 Å². The number of fused-ring (bicyclic) bond motifs is 1. The summed E-state index contributed by atoms with van der Waals surface area (Å²) >= 11 is 0. The molecule has 0 radical (unpaired) electrons. The number of nitrogens with zero attached hydrogens (tertiary/aromatic N) is 4. The number of phenols is 1. The lowest BCUT2D eigenvalue weighted by atomic mass is 10.1. The Hall–Kier alpha value is -3.41. The smallest absolute Gasteiger partial charge is 0.165 e. The van der Waals surface area contributed by atoms with E-state index in [1.54, 1.807) is 41.2 Å². The van der Waals surface area contributed by atoms with Crippen molar-refractivity contribution in [3.63, 3.8) is 0 Å². The summed E-state index contributed by atoms with van der Waals surface area (Å²) < 4.78 is 1.64. The molecule has 0 bridgehead atoms. The van der Waals surface area contributed by atoms with Gasteiger partial charge in [-0.3, -0.25) is 4.98 Å². The fourth-order valence-electron chi connectivity index (χ4n) is 2.69. The van der Waals surface area contributed by atoms with Gasteiger partial charge >= 0.3 is 0 Å². The van der Waals surface area contributed by atoms with Crippen molar-refractivity contribution in [1.82, 2.24) is 19.6 Å². The molecule has 6 heteroatoms. The maximum absolute atomic E-state index is 10.2. The van der Waals surface area contributed by atoms with Crippen LogP contribution in [0.1, 0.15) is 5.56 Å². The van der Waals surface area contributed by atoms with Crippen LogP contribution in [0.3, 0.4) is 0 Å². The topological polar surface area (TPSA) is 83.5 Å². The molecule has 24 heavy (non-hydrogen) atoms. The highest BCUT2D eigenvalue weighted by atomic mass is 16.3. The fraction of sp³-hybridized carbons (Fsp3) is 0.0556. The molecule has 0 aliphatic rings. The first-order valence-electron chi connectivity index (χ1n) is 7.43. The van der Waals surface area contributed by atoms with Crippen LogP contribution in [0.4, 0.5) is 0 Å². The molecular formula is C18H14N4O2. The fourth-order valence-corrected chi connectivity index (χ4v) is 2.69. The van der Waals surface area contributed by atoms with Crippen molar-refractivity contribution in [2.45, 2.75) is 6.92 Å². The summed E-state index contributed by atoms with van der Waals surface area (Å²) in [6, 6.07) is 12.2. The number of aromatic hydroxyl groups is 2. The quantitative estimate of drug-likeness (QED) is 0.593. The predicted octanol–water partition coefficient (Wildman–Crippen LogP) is 3.18. The number of aromatic nitrogens is 4. The Balaban J connectivity index is 2.06. The number of aryl methyl sites for hydroxylation is 1. The molecule has 0 aliphatic carbocycles. The lowest BCUT2D eigenvalue weighted by molar-refractivity contribution is 0.475. The molecule has 4 aromatic rings. The van der Waals surface area contributed by atoms with Crippen molar-refractivity contribution in [2.75, 3.05) is 0 Å². The second kappa shape index (κ2) is 5.34. The summed E-state index contributed by atoms with van der Waals surface area (Å²) in [6.45, 7) is 1.94. The van der Waals surface area contributed by atoms with E-state index in [2.05, 4.69) is 15.1 Å². The molecule has 1 aromatic carbocycles. The van der Waals surface area contributed by atoms with Crippen molar-refractivity contribution < 1.29 is 10.2 Å². The van der Waals surface area contributed by atoms with Gasteiger partial charge in [-0.25, -0.2) is 9.50 Å². The van der Waals surface area contributed by atoms with Crippen molar-refractivity contribution >= 4 is 5.52 Å². The Labute approximate surface area is 137 Å². The zero-order chi connectivity index (χ0) is 16.7. The molecule has 6 nitrogen and oxygen atoms in total. The third-order valence-electron chi connectivity index (χ3n) is 3.82. The van der Waals surface area contributed by atoms with Gasteiger partial charge in [-0.05, 0) is 43.3 Å². The Morgan fingerprint density at radius 3 is 2.58 bits per heavy atom. The molecular weight excluding hydrogens is 304 g/mol. The maximum atomic E-state index is 10.2. The van der Waals surface area contributed by atoms with E-state index in [-0.39, 0.29) is 11.5 Å². The summed E-state index contributed by atoms with van der Waals surface area (Å²) in [6.07, 6.45) is 3.24. The molecule has 4 rings (SSSR count). The van der Waals surface area contributed by atoms with Crippen LogP contribution in [0.2, 0.25) is 0 Å². The van der Waals surface area contributed by atoms with Crippen molar-refractivity contribution in [3.05, 3.63) is 60.4 Å². The SMILES string of the molecule is Cc1ccc(O)c(-c2nc(-c3ncccc3O)c3cccnn23)c1. The van der Waals surface area contributed by atoms with E-state index in [9.17, 15) is 10.2 Å². The number of phenolic OH excluding ortho intramolecular Hbond substituents is 1. The van der Waals surface area contributed by atoms with Crippen LogP contribution in [0.15, 0.2) is 54.9 Å². The highest BCUT2D eigenvalue weighted by Gasteiger charge is 2.19. The number of hydrogen-bond donors (Lipinski definition) is 2. The van der Waals surface area contributed by atoms with Crippen molar-refractivity contribution in [2.24, 2.45) is 0 Å². The Morgan fingerprint density at radius 1 is 0.917 bits per heavy atom. The van der Waals surface area contributed by atoms with Crippen LogP contribution >= 0.6 is 0 Å². The van der Waals surface area contributed by atoms with Gasteiger partial charge in [-0.2, -0.15) is 5.10 Å². The largest absolute Gasteiger partial charge is 0.507 e. The van der Waals surface area contributed by atoms with Crippen LogP contribution in [0, 0.1) is 6.92 Å². The maximum Gasteiger partial charge on any atom is 0.165 e. The second-order valence-corrected chi connectivity index (χ2v) is 5.50. The van der Waals surface area contributed by atoms with E-state index in [1.807, 2.05) is 25.1 Å². The van der Waals surface area contributed by atoms with Gasteiger partial charge in [0.15, 0.2) is 5.82 Å². The summed E-state index contributed by atoms with van der Waals surface area (Å²) in [5.74, 6) is 0.656. The Morgan fingerprint density at radius 2 is 1.75 bits per heavy atom. The van der Waals surface area contributed by atoms with Crippen molar-refractivity contribution in [3.8, 4) is 34.3 Å². The molecule has 0 fully saturated rings. The molecule has 0 unspecified atom stereocenters. The number of imidazole rings is 1. The Bertz CT molecular complexity index is 1060. The van der Waals surface area contributed by atoms with Gasteiger partial charge in [-0.1, -0.05) is 11.6 Å². The lowest BCUT2D eigenvalue weighted by Gasteiger charge is -2.04. The van der Waals surface area contributed by atoms with Gasteiger partial charge in [-0.15, -0.1) is 0 Å². The standard InChI is InChI=1S/C18H14N4O2/c1-11-6-7-14(23)12(10-11)18-21-16(13-4-2-9-20-22(13)18)17-15(24)5-3-8-19-17/h2-10,23-24H,1H3. The first-order valence-corrected chi connectivity index (χ1v) is 7.43. The molecule has 0 saturated heterocycles. The zero-order valence-corrected chi connectivity index (χ0v) is 12.9. The van der Waals surface area contributed by atoms with Gasteiger partial charge in [0, 0.05) is 12.4 Å². The van der Waals surface area contributed by atoms with Crippen LogP contribution in [-0.4, -0.2) is 29.8 Å². The van der Waals surface area contributed by atoms with Crippen LogP contribution < -0.4 is 0 Å². The molecule has 0 amide bonds. The van der Waals surface area contributed by atoms with Crippen LogP contribution in [-0.2, 0) is 0 Å². The van der Waals surface area contributed by atoms with Crippen LogP contribution in [0.25, 0.3) is 28.3 Å². The lowest BCUT2D eigenvalue weighted by Crippen LogP contribution is -1.94. The molecule has 0 atom stereocenters. The highest BCUT2D eigenvalue weighted by molar-refractivity contribution is 5.82. The third kappa shape index (κ3) is 2.16. The van der Waals surface area contributed by atoms with Gasteiger partial charge in [0.1, 0.15) is 22.9 Å². The molecule has 3 aromatic heterocycles. The third-order valence-corrected chi connectivity index (χ3v) is 3.82. The van der Waals surface area contributed by atoms with E-state index < -0.39 is 0 Å². The average molecular weight is 318 g/mol. The van der Waals surface area contributed by atoms with Crippen LogP contribution in [0.5, 0.6) is 11.5 Å². The first-order chi connectivity index (χ1) is 11.6. The molecule has 0 spiro atoms. The number of hydrogen-bond acceptors (Lipinski definition) is 5. The zero-order valence-electron chi connectivity index (χ0n) is 12.9. The number of rotatable bonds is 2. The van der Waals surface area contributed by atoms with E-state index >= 15 is 0 Å². The molecule has 3 heterocycles. The molecule has 2 N–H and O–H groups in total. The Kier molecular flexibility index (Phi) is 3.16. The number of pyridine rings is 1. The summed E-state index contributed by atoms with van der Waals surface area (Å²) in [5.41, 5.74) is 3.16. The average Bonchev–Trinajstić information content (AvgIpc) is 2.97. The monoisotopic (exact) mass is 318 g/mol. The molecule has 118 valence electrons. The van der Waals surface area contributed by atoms with Gasteiger partial charge < -0.3 is 10.2 Å². The highest BCUT2D eigenvalue weighted by Crippen LogP contribution is 2.35. The first kappa shape index (κ1) is 14.2. The van der Waals surface area contributed by atoms with E-state index in [4.69, 9.17) is 0 Å². The minimum atomic E-state index is 0.0429. The molecule has 0 aliphatic heterocycles. The number of benzene rings is 1. The molecule has 0 saturated carbocycles.